The summed E-state index contributed by atoms with van der Waals surface area (Å²) in [6.45, 7) is 10.7. The van der Waals surface area contributed by atoms with Gasteiger partial charge >= 0.3 is 7.12 Å². The Labute approximate surface area is 92.2 Å². The second-order valence-electron chi connectivity index (χ2n) is 6.07. The molecule has 4 fully saturated rings. The molecule has 0 unspecified atom stereocenters. The molecule has 4 rings (SSSR count). The normalized spacial score (nSPS) is 50.9. The van der Waals surface area contributed by atoms with Gasteiger partial charge in [0.05, 0.1) is 11.7 Å². The first-order chi connectivity index (χ1) is 6.98. The molecule has 0 spiro atoms. The van der Waals surface area contributed by atoms with Gasteiger partial charge in [-0.05, 0) is 37.0 Å². The third kappa shape index (κ3) is 1.03. The van der Waals surface area contributed by atoms with Crippen molar-refractivity contribution in [3.05, 3.63) is 12.6 Å². The number of hydrogen-bond acceptors (Lipinski definition) is 2. The average molecular weight is 206 g/mol. The zero-order valence-corrected chi connectivity index (χ0v) is 9.82. The molecule has 3 heteroatoms. The zero-order chi connectivity index (χ0) is 10.8. The molecule has 2 nitrogen and oxygen atoms in total. The van der Waals surface area contributed by atoms with Gasteiger partial charge in [0, 0.05) is 0 Å². The van der Waals surface area contributed by atoms with E-state index in [-0.39, 0.29) is 18.8 Å². The summed E-state index contributed by atoms with van der Waals surface area (Å²) in [5, 5.41) is 0. The van der Waals surface area contributed by atoms with Gasteiger partial charge in [0.25, 0.3) is 0 Å². The molecule has 3 aliphatic carbocycles. The lowest BCUT2D eigenvalue weighted by atomic mass is 9.43. The molecule has 4 atom stereocenters. The van der Waals surface area contributed by atoms with Crippen molar-refractivity contribution in [3.63, 3.8) is 0 Å². The number of rotatable bonds is 1. The van der Waals surface area contributed by atoms with Gasteiger partial charge in [-0.25, -0.2) is 0 Å². The minimum atomic E-state index is -0.185. The first kappa shape index (κ1) is 9.92. The first-order valence-electron chi connectivity index (χ1n) is 5.94. The van der Waals surface area contributed by atoms with E-state index in [0.29, 0.717) is 11.3 Å². The molecule has 15 heavy (non-hydrogen) atoms. The van der Waals surface area contributed by atoms with E-state index >= 15 is 0 Å². The summed E-state index contributed by atoms with van der Waals surface area (Å²) in [6, 6.07) is 0. The molecule has 3 saturated carbocycles. The fourth-order valence-corrected chi connectivity index (χ4v) is 4.00. The van der Waals surface area contributed by atoms with Crippen LogP contribution >= 0.6 is 0 Å². The summed E-state index contributed by atoms with van der Waals surface area (Å²) >= 11 is 0. The van der Waals surface area contributed by atoms with Gasteiger partial charge in [0.2, 0.25) is 0 Å². The molecule has 0 aromatic heterocycles. The van der Waals surface area contributed by atoms with E-state index < -0.39 is 0 Å². The van der Waals surface area contributed by atoms with Crippen LogP contribution in [0.25, 0.3) is 0 Å². The van der Waals surface area contributed by atoms with Crippen LogP contribution in [0, 0.1) is 17.3 Å². The third-order valence-corrected chi connectivity index (χ3v) is 5.16. The maximum Gasteiger partial charge on any atom is 0.486 e. The highest BCUT2D eigenvalue weighted by molar-refractivity contribution is 6.51. The largest absolute Gasteiger partial charge is 0.486 e. The van der Waals surface area contributed by atoms with Crippen molar-refractivity contribution in [2.75, 3.05) is 0 Å². The summed E-state index contributed by atoms with van der Waals surface area (Å²) < 4.78 is 11.9. The molecule has 1 aliphatic heterocycles. The molecule has 0 amide bonds. The summed E-state index contributed by atoms with van der Waals surface area (Å²) in [5.74, 6) is 3.25. The summed E-state index contributed by atoms with van der Waals surface area (Å²) in [6.07, 6.45) is 2.76. The van der Waals surface area contributed by atoms with E-state index in [2.05, 4.69) is 27.4 Å². The van der Waals surface area contributed by atoms with E-state index in [0.717, 1.165) is 12.3 Å². The van der Waals surface area contributed by atoms with Crippen LogP contribution in [0.1, 0.15) is 33.6 Å². The Bertz CT molecular complexity index is 315. The minimum Gasteiger partial charge on any atom is -0.402 e. The van der Waals surface area contributed by atoms with Crippen LogP contribution in [0.15, 0.2) is 12.6 Å². The first-order valence-corrected chi connectivity index (χ1v) is 5.94. The number of hydrogen-bond donors (Lipinski definition) is 0. The van der Waals surface area contributed by atoms with Crippen molar-refractivity contribution >= 4 is 7.12 Å². The van der Waals surface area contributed by atoms with Crippen LogP contribution in [0.5, 0.6) is 0 Å². The van der Waals surface area contributed by atoms with E-state index in [1.807, 2.05) is 0 Å². The van der Waals surface area contributed by atoms with Crippen molar-refractivity contribution in [3.8, 4) is 0 Å². The molecule has 0 aromatic carbocycles. The van der Waals surface area contributed by atoms with Crippen LogP contribution in [0.4, 0.5) is 0 Å². The Morgan fingerprint density at radius 3 is 2.67 bits per heavy atom. The van der Waals surface area contributed by atoms with Gasteiger partial charge in [0.1, 0.15) is 0 Å². The van der Waals surface area contributed by atoms with Crippen LogP contribution in [0.3, 0.4) is 0 Å². The van der Waals surface area contributed by atoms with Crippen LogP contribution in [-0.4, -0.2) is 18.8 Å². The van der Waals surface area contributed by atoms with Crippen LogP contribution < -0.4 is 0 Å². The Hall–Kier alpha value is -0.275. The van der Waals surface area contributed by atoms with E-state index in [1.54, 1.807) is 5.98 Å². The van der Waals surface area contributed by atoms with Crippen molar-refractivity contribution in [2.24, 2.45) is 17.3 Å². The molecule has 0 radical (unpaired) electrons. The molecule has 0 N–H and O–H groups in total. The maximum absolute atomic E-state index is 6.05. The smallest absolute Gasteiger partial charge is 0.402 e. The lowest BCUT2D eigenvalue weighted by molar-refractivity contribution is -0.199. The van der Waals surface area contributed by atoms with Gasteiger partial charge in [-0.1, -0.05) is 19.8 Å². The highest BCUT2D eigenvalue weighted by Crippen LogP contribution is 2.65. The minimum absolute atomic E-state index is 0.0723. The molecule has 82 valence electrons. The van der Waals surface area contributed by atoms with Gasteiger partial charge in [-0.2, -0.15) is 0 Å². The standard InChI is InChI=1S/C12H19BO2/c1-5-13-14-10-7-8-6-9(11(8,2)3)12(10,4)15-13/h5,8-10H,1,6-7H2,2-4H3/t8-,9-,10+,12-/m1/s1. The van der Waals surface area contributed by atoms with E-state index in [9.17, 15) is 0 Å². The quantitative estimate of drug-likeness (QED) is 0.613. The van der Waals surface area contributed by atoms with Crippen molar-refractivity contribution < 1.29 is 9.31 Å². The van der Waals surface area contributed by atoms with E-state index in [4.69, 9.17) is 9.31 Å². The Balaban J connectivity index is 1.92. The van der Waals surface area contributed by atoms with E-state index in [1.165, 1.54) is 6.42 Å². The molecule has 4 aliphatic rings. The van der Waals surface area contributed by atoms with Crippen LogP contribution in [-0.2, 0) is 9.31 Å². The third-order valence-electron chi connectivity index (χ3n) is 5.16. The lowest BCUT2D eigenvalue weighted by Gasteiger charge is -2.64. The monoisotopic (exact) mass is 206 g/mol. The molecule has 1 saturated heterocycles. The summed E-state index contributed by atoms with van der Waals surface area (Å²) in [4.78, 5) is 0. The second kappa shape index (κ2) is 2.69. The SMILES string of the molecule is C=CB1O[C@H]2C[C@H]3C[C@H](C3(C)C)[C@@]2(C)O1. The predicted octanol–water partition coefficient (Wildman–Crippen LogP) is 2.44. The van der Waals surface area contributed by atoms with Crippen molar-refractivity contribution in [1.82, 2.24) is 0 Å². The van der Waals surface area contributed by atoms with Gasteiger partial charge in [-0.15, -0.1) is 6.58 Å². The Morgan fingerprint density at radius 1 is 1.33 bits per heavy atom. The zero-order valence-electron chi connectivity index (χ0n) is 9.82. The Kier molecular flexibility index (Phi) is 1.78. The summed E-state index contributed by atoms with van der Waals surface area (Å²) in [7, 11) is -0.185. The van der Waals surface area contributed by atoms with Crippen LogP contribution in [0.2, 0.25) is 0 Å². The topological polar surface area (TPSA) is 18.5 Å². The molecule has 0 aromatic rings. The highest BCUT2D eigenvalue weighted by atomic mass is 16.7. The predicted molar refractivity (Wildman–Crippen MR) is 60.3 cm³/mol. The lowest BCUT2D eigenvalue weighted by Crippen LogP contribution is -2.65. The molecular weight excluding hydrogens is 187 g/mol. The maximum atomic E-state index is 6.05. The van der Waals surface area contributed by atoms with Gasteiger partial charge in [-0.3, -0.25) is 0 Å². The molecule has 2 bridgehead atoms. The van der Waals surface area contributed by atoms with Gasteiger partial charge < -0.3 is 9.31 Å². The second-order valence-corrected chi connectivity index (χ2v) is 6.07. The Morgan fingerprint density at radius 2 is 2.07 bits per heavy atom. The van der Waals surface area contributed by atoms with Crippen molar-refractivity contribution in [1.29, 1.82) is 0 Å². The summed E-state index contributed by atoms with van der Waals surface area (Å²) in [5.41, 5.74) is 0.363. The fraction of sp³-hybridized carbons (Fsp3) is 0.833. The van der Waals surface area contributed by atoms with Crippen molar-refractivity contribution in [2.45, 2.75) is 45.3 Å². The highest BCUT2D eigenvalue weighted by Gasteiger charge is 2.67. The molecular formula is C12H19BO2. The average Bonchev–Trinajstić information content (AvgIpc) is 2.53. The fourth-order valence-electron chi connectivity index (χ4n) is 4.00. The van der Waals surface area contributed by atoms with Gasteiger partial charge in [0.15, 0.2) is 0 Å². The molecule has 1 heterocycles.